The molecule has 2 aliphatic carbocycles. The number of hydrogen-bond acceptors (Lipinski definition) is 3. The van der Waals surface area contributed by atoms with Crippen LogP contribution in [0.5, 0.6) is 0 Å². The molecule has 3 rings (SSSR count). The van der Waals surface area contributed by atoms with Crippen molar-refractivity contribution in [2.75, 3.05) is 6.54 Å². The second kappa shape index (κ2) is 8.67. The molecule has 0 heterocycles. The molecular formula is C21H31N3O2. The summed E-state index contributed by atoms with van der Waals surface area (Å²) in [4.78, 5) is 26.7. The average Bonchev–Trinajstić information content (AvgIpc) is 3.43. The molecule has 0 saturated heterocycles. The number of hydrogen-bond donors (Lipinski definition) is 2. The van der Waals surface area contributed by atoms with Crippen molar-refractivity contribution in [2.45, 2.75) is 71.0 Å². The van der Waals surface area contributed by atoms with Gasteiger partial charge in [0, 0.05) is 18.6 Å². The van der Waals surface area contributed by atoms with E-state index in [4.69, 9.17) is 0 Å². The van der Waals surface area contributed by atoms with E-state index in [2.05, 4.69) is 53.6 Å². The Morgan fingerprint density at radius 2 is 1.77 bits per heavy atom. The van der Waals surface area contributed by atoms with E-state index in [1.807, 2.05) is 0 Å². The molecule has 1 aromatic rings. The Morgan fingerprint density at radius 1 is 1.08 bits per heavy atom. The van der Waals surface area contributed by atoms with Crippen molar-refractivity contribution >= 4 is 11.9 Å². The molecule has 2 atom stereocenters. The molecule has 26 heavy (non-hydrogen) atoms. The van der Waals surface area contributed by atoms with Crippen LogP contribution in [0.2, 0.25) is 0 Å². The van der Waals surface area contributed by atoms with Crippen LogP contribution in [0, 0.1) is 12.8 Å². The molecule has 142 valence electrons. The van der Waals surface area contributed by atoms with Gasteiger partial charge in [-0.15, -0.1) is 0 Å². The lowest BCUT2D eigenvalue weighted by Gasteiger charge is -2.29. The van der Waals surface area contributed by atoms with E-state index in [1.165, 1.54) is 17.5 Å². The molecule has 3 amide bonds. The van der Waals surface area contributed by atoms with Gasteiger partial charge in [0.05, 0.1) is 6.54 Å². The lowest BCUT2D eigenvalue weighted by Crippen LogP contribution is -2.50. The van der Waals surface area contributed by atoms with Gasteiger partial charge >= 0.3 is 6.03 Å². The third kappa shape index (κ3) is 5.56. The van der Waals surface area contributed by atoms with Crippen LogP contribution in [-0.4, -0.2) is 35.5 Å². The normalized spacial score (nSPS) is 22.9. The molecule has 1 aromatic carbocycles. The van der Waals surface area contributed by atoms with Gasteiger partial charge in [-0.3, -0.25) is 15.0 Å². The van der Waals surface area contributed by atoms with E-state index in [1.54, 1.807) is 0 Å². The molecule has 0 aromatic heterocycles. The summed E-state index contributed by atoms with van der Waals surface area (Å²) in [6, 6.07) is 8.71. The summed E-state index contributed by atoms with van der Waals surface area (Å²) in [5.74, 6) is 0.263. The zero-order valence-corrected chi connectivity index (χ0v) is 16.0. The molecule has 2 unspecified atom stereocenters. The first kappa shape index (κ1) is 18.9. The Kier molecular flexibility index (Phi) is 6.30. The Morgan fingerprint density at radius 3 is 2.42 bits per heavy atom. The number of nitrogens with zero attached hydrogens (tertiary/aromatic N) is 1. The second-order valence-corrected chi connectivity index (χ2v) is 8.01. The van der Waals surface area contributed by atoms with Gasteiger partial charge in [-0.05, 0) is 44.1 Å². The van der Waals surface area contributed by atoms with E-state index in [9.17, 15) is 9.59 Å². The number of aryl methyl sites for hydroxylation is 1. The molecule has 5 nitrogen and oxygen atoms in total. The molecule has 2 aliphatic rings. The molecule has 0 spiro atoms. The molecule has 2 N–H and O–H groups in total. The predicted octanol–water partition coefficient (Wildman–Crippen LogP) is 3.36. The van der Waals surface area contributed by atoms with Crippen LogP contribution in [0.25, 0.3) is 0 Å². The second-order valence-electron chi connectivity index (χ2n) is 8.01. The first-order valence-corrected chi connectivity index (χ1v) is 9.91. The highest BCUT2D eigenvalue weighted by atomic mass is 16.2. The van der Waals surface area contributed by atoms with Crippen LogP contribution < -0.4 is 10.6 Å². The van der Waals surface area contributed by atoms with Crippen molar-refractivity contribution in [1.82, 2.24) is 15.5 Å². The van der Waals surface area contributed by atoms with E-state index < -0.39 is 0 Å². The highest BCUT2D eigenvalue weighted by molar-refractivity contribution is 5.95. The van der Waals surface area contributed by atoms with E-state index >= 15 is 0 Å². The lowest BCUT2D eigenvalue weighted by atomic mass is 9.86. The molecule has 0 radical (unpaired) electrons. The monoisotopic (exact) mass is 357 g/mol. The van der Waals surface area contributed by atoms with Crippen LogP contribution >= 0.6 is 0 Å². The van der Waals surface area contributed by atoms with Crippen LogP contribution in [0.3, 0.4) is 0 Å². The quantitative estimate of drug-likeness (QED) is 0.821. The molecular weight excluding hydrogens is 326 g/mol. The number of nitrogens with one attached hydrogen (secondary N) is 2. The highest BCUT2D eigenvalue weighted by Gasteiger charge is 2.31. The third-order valence-corrected chi connectivity index (χ3v) is 5.60. The van der Waals surface area contributed by atoms with Gasteiger partial charge in [-0.25, -0.2) is 4.79 Å². The standard InChI is InChI=1S/C21H31N3O2/c1-15-7-9-17(10-8-15)13-24(18-11-12-18)14-20(25)23-21(26)22-19-6-4-3-5-16(19)2/h7-10,16,18-19H,3-6,11-14H2,1-2H3,(H2,22,23,25,26). The van der Waals surface area contributed by atoms with Crippen LogP contribution in [-0.2, 0) is 11.3 Å². The summed E-state index contributed by atoms with van der Waals surface area (Å²) in [5.41, 5.74) is 2.44. The number of carbonyl (C=O) groups is 2. The Hall–Kier alpha value is -1.88. The SMILES string of the molecule is Cc1ccc(CN(CC(=O)NC(=O)NC2CCCCC2C)C2CC2)cc1. The van der Waals surface area contributed by atoms with Gasteiger partial charge in [0.15, 0.2) is 0 Å². The smallest absolute Gasteiger partial charge is 0.321 e. The summed E-state index contributed by atoms with van der Waals surface area (Å²) in [6.45, 7) is 5.26. The zero-order chi connectivity index (χ0) is 18.5. The maximum atomic E-state index is 12.4. The highest BCUT2D eigenvalue weighted by Crippen LogP contribution is 2.28. The summed E-state index contributed by atoms with van der Waals surface area (Å²) in [7, 11) is 0. The van der Waals surface area contributed by atoms with Gasteiger partial charge in [-0.2, -0.15) is 0 Å². The number of rotatable bonds is 6. The van der Waals surface area contributed by atoms with Crippen molar-refractivity contribution in [3.8, 4) is 0 Å². The van der Waals surface area contributed by atoms with Gasteiger partial charge in [0.1, 0.15) is 0 Å². The van der Waals surface area contributed by atoms with Crippen LogP contribution in [0.4, 0.5) is 4.79 Å². The lowest BCUT2D eigenvalue weighted by molar-refractivity contribution is -0.121. The number of benzene rings is 1. The van der Waals surface area contributed by atoms with E-state index in [0.29, 0.717) is 12.0 Å². The van der Waals surface area contributed by atoms with Gasteiger partial charge in [0.2, 0.25) is 5.91 Å². The summed E-state index contributed by atoms with van der Waals surface area (Å²) in [6.07, 6.45) is 6.79. The molecule has 2 fully saturated rings. The van der Waals surface area contributed by atoms with Crippen molar-refractivity contribution in [2.24, 2.45) is 5.92 Å². The van der Waals surface area contributed by atoms with Crippen molar-refractivity contribution in [3.05, 3.63) is 35.4 Å². The summed E-state index contributed by atoms with van der Waals surface area (Å²) < 4.78 is 0. The maximum Gasteiger partial charge on any atom is 0.321 e. The van der Waals surface area contributed by atoms with Crippen LogP contribution in [0.1, 0.15) is 56.6 Å². The molecule has 2 saturated carbocycles. The molecule has 0 bridgehead atoms. The first-order chi connectivity index (χ1) is 12.5. The van der Waals surface area contributed by atoms with E-state index in [-0.39, 0.29) is 24.5 Å². The van der Waals surface area contributed by atoms with Crippen molar-refractivity contribution < 1.29 is 9.59 Å². The van der Waals surface area contributed by atoms with Crippen molar-refractivity contribution in [3.63, 3.8) is 0 Å². The van der Waals surface area contributed by atoms with E-state index in [0.717, 1.165) is 38.6 Å². The first-order valence-electron chi connectivity index (χ1n) is 9.91. The Balaban J connectivity index is 1.48. The minimum absolute atomic E-state index is 0.184. The largest absolute Gasteiger partial charge is 0.335 e. The Labute approximate surface area is 156 Å². The topological polar surface area (TPSA) is 61.4 Å². The fourth-order valence-electron chi connectivity index (χ4n) is 3.77. The minimum Gasteiger partial charge on any atom is -0.335 e. The zero-order valence-electron chi connectivity index (χ0n) is 16.0. The fourth-order valence-corrected chi connectivity index (χ4v) is 3.77. The van der Waals surface area contributed by atoms with Gasteiger partial charge < -0.3 is 5.32 Å². The summed E-state index contributed by atoms with van der Waals surface area (Å²) >= 11 is 0. The predicted molar refractivity (Wildman–Crippen MR) is 103 cm³/mol. The van der Waals surface area contributed by atoms with Crippen molar-refractivity contribution in [1.29, 1.82) is 0 Å². The Bertz CT molecular complexity index is 625. The maximum absolute atomic E-state index is 12.4. The molecule has 0 aliphatic heterocycles. The van der Waals surface area contributed by atoms with Crippen LogP contribution in [0.15, 0.2) is 24.3 Å². The molecule has 5 heteroatoms. The third-order valence-electron chi connectivity index (χ3n) is 5.60. The van der Waals surface area contributed by atoms with Gasteiger partial charge in [0.25, 0.3) is 0 Å². The fraction of sp³-hybridized carbons (Fsp3) is 0.619. The number of carbonyl (C=O) groups excluding carboxylic acids is 2. The minimum atomic E-state index is -0.347. The number of amides is 3. The number of imide groups is 1. The summed E-state index contributed by atoms with van der Waals surface area (Å²) in [5, 5.41) is 5.51. The average molecular weight is 357 g/mol. The number of urea groups is 1. The van der Waals surface area contributed by atoms with Gasteiger partial charge in [-0.1, -0.05) is 49.6 Å².